The lowest BCUT2D eigenvalue weighted by Crippen LogP contribution is -2.06. The predicted octanol–water partition coefficient (Wildman–Crippen LogP) is 2.18. The zero-order valence-electron chi connectivity index (χ0n) is 7.62. The third-order valence-corrected chi connectivity index (χ3v) is 4.15. The van der Waals surface area contributed by atoms with Gasteiger partial charge in [-0.1, -0.05) is 0 Å². The summed E-state index contributed by atoms with van der Waals surface area (Å²) in [6.07, 6.45) is 0. The second kappa shape index (κ2) is 4.67. The molecule has 0 unspecified atom stereocenters. The molecular formula is C8H7ClINO3S. The molecule has 7 heteroatoms. The first-order chi connectivity index (χ1) is 6.80. The molecule has 0 aliphatic rings. The SMILES string of the molecule is CC(=O)Nc1ccc(S(=O)(=O)Cl)c(I)c1. The van der Waals surface area contributed by atoms with Crippen LogP contribution in [0.3, 0.4) is 0 Å². The van der Waals surface area contributed by atoms with E-state index in [1.165, 1.54) is 25.1 Å². The summed E-state index contributed by atoms with van der Waals surface area (Å²) in [4.78, 5) is 10.8. The third-order valence-electron chi connectivity index (χ3n) is 1.51. The molecule has 0 bridgehead atoms. The maximum absolute atomic E-state index is 11.1. The third kappa shape index (κ3) is 3.62. The highest BCUT2D eigenvalue weighted by molar-refractivity contribution is 14.1. The maximum Gasteiger partial charge on any atom is 0.262 e. The van der Waals surface area contributed by atoms with Gasteiger partial charge in [-0.3, -0.25) is 4.79 Å². The van der Waals surface area contributed by atoms with E-state index in [1.807, 2.05) is 22.6 Å². The molecule has 1 N–H and O–H groups in total. The van der Waals surface area contributed by atoms with Crippen LogP contribution >= 0.6 is 33.3 Å². The molecule has 0 aromatic heterocycles. The molecule has 0 saturated heterocycles. The molecule has 0 aliphatic heterocycles. The van der Waals surface area contributed by atoms with E-state index in [2.05, 4.69) is 5.32 Å². The Balaban J connectivity index is 3.15. The first kappa shape index (κ1) is 12.7. The number of carbonyl (C=O) groups excluding carboxylic acids is 1. The van der Waals surface area contributed by atoms with Crippen molar-refractivity contribution in [3.63, 3.8) is 0 Å². The molecule has 0 atom stereocenters. The molecule has 0 spiro atoms. The molecule has 4 nitrogen and oxygen atoms in total. The van der Waals surface area contributed by atoms with Crippen LogP contribution in [0.2, 0.25) is 0 Å². The largest absolute Gasteiger partial charge is 0.326 e. The van der Waals surface area contributed by atoms with E-state index in [1.54, 1.807) is 0 Å². The Labute approximate surface area is 106 Å². The fourth-order valence-corrected chi connectivity index (χ4v) is 3.68. The molecule has 1 aromatic rings. The summed E-state index contributed by atoms with van der Waals surface area (Å²) in [5, 5.41) is 2.54. The summed E-state index contributed by atoms with van der Waals surface area (Å²) in [5.74, 6) is -0.215. The molecule has 1 rings (SSSR count). The lowest BCUT2D eigenvalue weighted by molar-refractivity contribution is -0.114. The van der Waals surface area contributed by atoms with Crippen molar-refractivity contribution in [2.45, 2.75) is 11.8 Å². The molecule has 0 fully saturated rings. The lowest BCUT2D eigenvalue weighted by Gasteiger charge is -2.05. The van der Waals surface area contributed by atoms with E-state index >= 15 is 0 Å². The fourth-order valence-electron chi connectivity index (χ4n) is 0.980. The molecule has 82 valence electrons. The lowest BCUT2D eigenvalue weighted by atomic mass is 10.3. The standard InChI is InChI=1S/C8H7ClINO3S/c1-5(12)11-6-2-3-8(7(10)4-6)15(9,13)14/h2-4H,1H3,(H,11,12). The van der Waals surface area contributed by atoms with Gasteiger partial charge in [-0.2, -0.15) is 0 Å². The average molecular weight is 360 g/mol. The quantitative estimate of drug-likeness (QED) is 0.650. The van der Waals surface area contributed by atoms with E-state index in [4.69, 9.17) is 10.7 Å². The summed E-state index contributed by atoms with van der Waals surface area (Å²) >= 11 is 1.84. The van der Waals surface area contributed by atoms with Crippen LogP contribution in [0.4, 0.5) is 5.69 Å². The molecule has 0 aliphatic carbocycles. The van der Waals surface area contributed by atoms with Gasteiger partial charge in [0.15, 0.2) is 0 Å². The van der Waals surface area contributed by atoms with Crippen molar-refractivity contribution >= 4 is 53.9 Å². The number of benzene rings is 1. The van der Waals surface area contributed by atoms with E-state index in [0.717, 1.165) is 0 Å². The van der Waals surface area contributed by atoms with Crippen LogP contribution in [0, 0.1) is 3.57 Å². The minimum Gasteiger partial charge on any atom is -0.326 e. The Morgan fingerprint density at radius 3 is 2.47 bits per heavy atom. The minimum absolute atomic E-state index is 0.0406. The number of amides is 1. The van der Waals surface area contributed by atoms with Crippen LogP contribution in [0.25, 0.3) is 0 Å². The summed E-state index contributed by atoms with van der Waals surface area (Å²) in [5.41, 5.74) is 0.538. The fraction of sp³-hybridized carbons (Fsp3) is 0.125. The molecular weight excluding hydrogens is 353 g/mol. The number of rotatable bonds is 2. The monoisotopic (exact) mass is 359 g/mol. The van der Waals surface area contributed by atoms with E-state index < -0.39 is 9.05 Å². The Morgan fingerprint density at radius 2 is 2.07 bits per heavy atom. The average Bonchev–Trinajstić information content (AvgIpc) is 1.99. The number of carbonyl (C=O) groups is 1. The molecule has 0 heterocycles. The highest BCUT2D eigenvalue weighted by atomic mass is 127. The van der Waals surface area contributed by atoms with Crippen molar-refractivity contribution < 1.29 is 13.2 Å². The minimum atomic E-state index is -3.73. The van der Waals surface area contributed by atoms with Crippen molar-refractivity contribution in [3.8, 4) is 0 Å². The van der Waals surface area contributed by atoms with Crippen LogP contribution < -0.4 is 5.32 Å². The van der Waals surface area contributed by atoms with Crippen LogP contribution in [-0.4, -0.2) is 14.3 Å². The van der Waals surface area contributed by atoms with Crippen molar-refractivity contribution in [1.82, 2.24) is 0 Å². The van der Waals surface area contributed by atoms with E-state index in [-0.39, 0.29) is 10.8 Å². The second-order valence-electron chi connectivity index (χ2n) is 2.76. The smallest absolute Gasteiger partial charge is 0.262 e. The molecule has 0 saturated carbocycles. The molecule has 1 aromatic carbocycles. The summed E-state index contributed by atoms with van der Waals surface area (Å²) in [7, 11) is 1.48. The van der Waals surface area contributed by atoms with Crippen molar-refractivity contribution in [2.24, 2.45) is 0 Å². The summed E-state index contributed by atoms with van der Waals surface area (Å²) in [6, 6.07) is 4.38. The van der Waals surface area contributed by atoms with Crippen molar-refractivity contribution in [3.05, 3.63) is 21.8 Å². The first-order valence-electron chi connectivity index (χ1n) is 3.82. The number of hydrogen-bond donors (Lipinski definition) is 1. The van der Waals surface area contributed by atoms with Gasteiger partial charge < -0.3 is 5.32 Å². The van der Waals surface area contributed by atoms with Gasteiger partial charge in [0, 0.05) is 26.9 Å². The second-order valence-corrected chi connectivity index (χ2v) is 6.46. The van der Waals surface area contributed by atoms with E-state index in [9.17, 15) is 13.2 Å². The Kier molecular flexibility index (Phi) is 3.96. The molecule has 0 radical (unpaired) electrons. The van der Waals surface area contributed by atoms with Crippen LogP contribution in [0.1, 0.15) is 6.92 Å². The van der Waals surface area contributed by atoms with E-state index in [0.29, 0.717) is 9.26 Å². The Hall–Kier alpha value is -0.340. The number of halogens is 2. The van der Waals surface area contributed by atoms with Gasteiger partial charge in [0.1, 0.15) is 0 Å². The zero-order valence-corrected chi connectivity index (χ0v) is 11.4. The normalized spacial score (nSPS) is 11.1. The van der Waals surface area contributed by atoms with Crippen molar-refractivity contribution in [1.29, 1.82) is 0 Å². The maximum atomic E-state index is 11.1. The topological polar surface area (TPSA) is 63.2 Å². The summed E-state index contributed by atoms with van der Waals surface area (Å²) in [6.45, 7) is 1.37. The first-order valence-corrected chi connectivity index (χ1v) is 7.21. The predicted molar refractivity (Wildman–Crippen MR) is 66.5 cm³/mol. The highest BCUT2D eigenvalue weighted by Crippen LogP contribution is 2.24. The number of nitrogens with one attached hydrogen (secondary N) is 1. The summed E-state index contributed by atoms with van der Waals surface area (Å²) < 4.78 is 22.6. The number of anilines is 1. The van der Waals surface area contributed by atoms with Crippen molar-refractivity contribution in [2.75, 3.05) is 5.32 Å². The highest BCUT2D eigenvalue weighted by Gasteiger charge is 2.14. The Morgan fingerprint density at radius 1 is 1.47 bits per heavy atom. The zero-order chi connectivity index (χ0) is 11.6. The molecule has 15 heavy (non-hydrogen) atoms. The number of hydrogen-bond acceptors (Lipinski definition) is 3. The Bertz CT molecular complexity index is 501. The van der Waals surface area contributed by atoms with Gasteiger partial charge in [0.05, 0.1) is 4.90 Å². The van der Waals surface area contributed by atoms with Crippen LogP contribution in [-0.2, 0) is 13.8 Å². The van der Waals surface area contributed by atoms with Gasteiger partial charge in [0.2, 0.25) is 5.91 Å². The van der Waals surface area contributed by atoms with Gasteiger partial charge in [-0.15, -0.1) is 0 Å². The molecule has 1 amide bonds. The van der Waals surface area contributed by atoms with Gasteiger partial charge in [-0.05, 0) is 40.8 Å². The van der Waals surface area contributed by atoms with Crippen LogP contribution in [0.15, 0.2) is 23.1 Å². The van der Waals surface area contributed by atoms with Crippen LogP contribution in [0.5, 0.6) is 0 Å². The van der Waals surface area contributed by atoms with Gasteiger partial charge in [0.25, 0.3) is 9.05 Å². The van der Waals surface area contributed by atoms with Gasteiger partial charge in [-0.25, -0.2) is 8.42 Å². The van der Waals surface area contributed by atoms with Gasteiger partial charge >= 0.3 is 0 Å².